The third-order valence-electron chi connectivity index (χ3n) is 14.1. The van der Waals surface area contributed by atoms with E-state index in [9.17, 15) is 47.9 Å². The predicted octanol–water partition coefficient (Wildman–Crippen LogP) is 7.76. The van der Waals surface area contributed by atoms with Gasteiger partial charge < -0.3 is 66.3 Å². The number of Topliss-reactive ketones (excluding diaryl/α,β-unsaturated/α-hetero) is 1. The molecule has 2 fully saturated rings. The van der Waals surface area contributed by atoms with Crippen LogP contribution in [0.3, 0.4) is 0 Å². The summed E-state index contributed by atoms with van der Waals surface area (Å²) in [6, 6.07) is 38.3. The van der Waals surface area contributed by atoms with Crippen molar-refractivity contribution in [2.75, 3.05) is 20.3 Å². The van der Waals surface area contributed by atoms with Crippen LogP contribution in [0.2, 0.25) is 0 Å². The van der Waals surface area contributed by atoms with E-state index in [4.69, 9.17) is 66.3 Å². The largest absolute Gasteiger partial charge is 0.496 e. The van der Waals surface area contributed by atoms with Crippen molar-refractivity contribution in [3.8, 4) is 23.0 Å². The fourth-order valence-electron chi connectivity index (χ4n) is 10.3. The number of ketones is 1. The number of fused-ring (bicyclic) bond motifs is 1. The number of hydrogen-bond acceptors (Lipinski definition) is 24. The molecule has 468 valence electrons. The Bertz CT molecular complexity index is 3610. The number of carbonyl (C=O) groups is 10. The molecule has 24 nitrogen and oxygen atoms in total. The van der Waals surface area contributed by atoms with Crippen LogP contribution in [-0.2, 0) is 71.3 Å². The Morgan fingerprint density at radius 2 is 0.911 bits per heavy atom. The molecule has 0 amide bonds. The van der Waals surface area contributed by atoms with E-state index in [1.807, 2.05) is 0 Å². The third-order valence-corrected chi connectivity index (χ3v) is 14.1. The van der Waals surface area contributed by atoms with Crippen LogP contribution in [0.5, 0.6) is 23.0 Å². The lowest BCUT2D eigenvalue weighted by Gasteiger charge is -2.45. The maximum absolute atomic E-state index is 15.0. The third kappa shape index (κ3) is 15.4. The Morgan fingerprint density at radius 3 is 1.41 bits per heavy atom. The van der Waals surface area contributed by atoms with Gasteiger partial charge in [0.2, 0.25) is 12.4 Å². The minimum Gasteiger partial charge on any atom is -0.496 e. The van der Waals surface area contributed by atoms with Gasteiger partial charge in [-0.3, -0.25) is 28.8 Å². The zero-order chi connectivity index (χ0) is 64.2. The Labute approximate surface area is 514 Å². The number of methoxy groups -OCH3 is 1. The highest BCUT2D eigenvalue weighted by Gasteiger charge is 2.57. The summed E-state index contributed by atoms with van der Waals surface area (Å²) >= 11 is 0. The molecule has 0 bridgehead atoms. The molecular weight excluding hydrogens is 1180 g/mol. The predicted molar refractivity (Wildman–Crippen MR) is 307 cm³/mol. The van der Waals surface area contributed by atoms with E-state index in [0.29, 0.717) is 5.56 Å². The fourth-order valence-corrected chi connectivity index (χ4v) is 10.3. The van der Waals surface area contributed by atoms with Crippen molar-refractivity contribution in [3.63, 3.8) is 0 Å². The van der Waals surface area contributed by atoms with Gasteiger partial charge in [0.1, 0.15) is 60.4 Å². The highest BCUT2D eigenvalue weighted by Crippen LogP contribution is 2.52. The first-order valence-corrected chi connectivity index (χ1v) is 28.1. The molecule has 0 spiro atoms. The average molecular weight is 1240 g/mol. The molecule has 3 aliphatic rings. The van der Waals surface area contributed by atoms with E-state index in [1.54, 1.807) is 72.8 Å². The van der Waals surface area contributed by atoms with E-state index < -0.39 is 152 Å². The Morgan fingerprint density at radius 1 is 0.467 bits per heavy atom. The van der Waals surface area contributed by atoms with Crippen molar-refractivity contribution in [1.29, 1.82) is 0 Å². The second-order valence-electron chi connectivity index (χ2n) is 20.5. The molecule has 90 heavy (non-hydrogen) atoms. The summed E-state index contributed by atoms with van der Waals surface area (Å²) in [5.74, 6) is -9.45. The molecule has 24 heteroatoms. The van der Waals surface area contributed by atoms with Gasteiger partial charge >= 0.3 is 53.7 Å². The Hall–Kier alpha value is -10.5. The molecule has 3 aliphatic heterocycles. The summed E-state index contributed by atoms with van der Waals surface area (Å²) in [5.41, 5.74) is 0.0158. The van der Waals surface area contributed by atoms with Crippen LogP contribution < -0.4 is 18.9 Å². The first-order chi connectivity index (χ1) is 43.3. The molecule has 6 aromatic carbocycles. The van der Waals surface area contributed by atoms with Crippen LogP contribution in [0.4, 0.5) is 0 Å². The summed E-state index contributed by atoms with van der Waals surface area (Å²) in [5, 5.41) is 0. The van der Waals surface area contributed by atoms with E-state index in [2.05, 4.69) is 0 Å². The first kappa shape index (κ1) is 64.0. The highest BCUT2D eigenvalue weighted by molar-refractivity contribution is 6.04. The molecule has 0 radical (unpaired) electrons. The number of esters is 9. The fraction of sp³-hybridized carbons (Fsp3) is 0.303. The van der Waals surface area contributed by atoms with Gasteiger partial charge in [-0.05, 0) is 66.2 Å². The van der Waals surface area contributed by atoms with Gasteiger partial charge in [-0.2, -0.15) is 0 Å². The zero-order valence-electron chi connectivity index (χ0n) is 49.2. The van der Waals surface area contributed by atoms with Crippen molar-refractivity contribution in [3.05, 3.63) is 191 Å². The highest BCUT2D eigenvalue weighted by atomic mass is 16.7. The lowest BCUT2D eigenvalue weighted by molar-refractivity contribution is -0.288. The van der Waals surface area contributed by atoms with Gasteiger partial charge in [0, 0.05) is 40.7 Å². The van der Waals surface area contributed by atoms with Gasteiger partial charge in [0.05, 0.1) is 41.3 Å². The summed E-state index contributed by atoms with van der Waals surface area (Å²) in [6.45, 7) is 4.21. The maximum Gasteiger partial charge on any atom is 0.338 e. The standard InChI is InChI=1S/C66H60O24/c1-35(67)78-33-51-54(80-36(2)68)59(82-38(4)70)61(83-39(5)71)66(87-51)84-45-29-27-40(28-30-45)47-31-46(72)52-49(85-47)32-48(77-6)53(56(52)81-37(3)69)57-60(90-65(76)44-25-17-10-18-26-44)58(89-64(75)43-23-15-9-16-24-43)55(88-63(74)42-21-13-8-14-22-42)50(86-57)34-79-62(73)41-19-11-7-12-20-41/h7-30,32,47,50-51,54-55,57-61,66H,31,33-34H2,1-6H3/t47?,50?,51-,54-,55-,57+,58?,59?,60?,61?,66-/m1/s1. The molecule has 2 saturated heterocycles. The SMILES string of the molecule is COc1cc2c(c(OC(C)=O)c1[C@@H]1OC(COC(=O)c3ccccc3)[C@@H](OC(=O)c3ccccc3)C(OC(=O)c3ccccc3)C1OC(=O)c1ccccc1)C(=O)CC(c1ccc(O[C@@H]3O[C@H](COC(C)=O)[C@@H](OC(C)=O)C(OC(C)=O)C3OC(C)=O)cc1)O2. The van der Waals surface area contributed by atoms with Crippen LogP contribution in [0.15, 0.2) is 152 Å². The number of rotatable bonds is 20. The van der Waals surface area contributed by atoms with Crippen molar-refractivity contribution in [1.82, 2.24) is 0 Å². The van der Waals surface area contributed by atoms with Crippen LogP contribution in [0.25, 0.3) is 0 Å². The second kappa shape index (κ2) is 29.0. The summed E-state index contributed by atoms with van der Waals surface area (Å²) in [4.78, 5) is 135. The zero-order valence-corrected chi connectivity index (χ0v) is 49.2. The first-order valence-electron chi connectivity index (χ1n) is 28.1. The molecule has 0 aliphatic carbocycles. The monoisotopic (exact) mass is 1240 g/mol. The van der Waals surface area contributed by atoms with Gasteiger partial charge in [-0.15, -0.1) is 0 Å². The van der Waals surface area contributed by atoms with Crippen LogP contribution in [0.1, 0.15) is 116 Å². The minimum absolute atomic E-state index is 0.00802. The molecule has 0 N–H and O–H groups in total. The molecule has 3 heterocycles. The second-order valence-corrected chi connectivity index (χ2v) is 20.5. The molecule has 9 rings (SSSR count). The minimum atomic E-state index is -1.90. The van der Waals surface area contributed by atoms with Gasteiger partial charge in [0.15, 0.2) is 42.1 Å². The molecule has 6 aromatic rings. The number of hydrogen-bond donors (Lipinski definition) is 0. The van der Waals surface area contributed by atoms with Crippen molar-refractivity contribution >= 4 is 59.5 Å². The maximum atomic E-state index is 15.0. The molecule has 0 aromatic heterocycles. The van der Waals surface area contributed by atoms with Crippen molar-refractivity contribution < 1.29 is 114 Å². The number of benzene rings is 6. The Kier molecular flexibility index (Phi) is 20.7. The van der Waals surface area contributed by atoms with E-state index >= 15 is 0 Å². The van der Waals surface area contributed by atoms with Crippen LogP contribution in [-0.4, -0.2) is 135 Å². The number of ether oxygens (including phenoxy) is 14. The van der Waals surface area contributed by atoms with Crippen molar-refractivity contribution in [2.24, 2.45) is 0 Å². The van der Waals surface area contributed by atoms with Crippen molar-refractivity contribution in [2.45, 2.75) is 108 Å². The summed E-state index contributed by atoms with van der Waals surface area (Å²) < 4.78 is 84.1. The molecule has 6 unspecified atom stereocenters. The topological polar surface area (TPSA) is 300 Å². The lowest BCUT2D eigenvalue weighted by atomic mass is 9.86. The van der Waals surface area contributed by atoms with Gasteiger partial charge in [0.25, 0.3) is 0 Å². The quantitative estimate of drug-likeness (QED) is 0.0400. The van der Waals surface area contributed by atoms with Crippen LogP contribution in [0, 0.1) is 0 Å². The van der Waals surface area contributed by atoms with E-state index in [0.717, 1.165) is 34.6 Å². The van der Waals surface area contributed by atoms with Gasteiger partial charge in [-0.25, -0.2) is 19.2 Å². The smallest absolute Gasteiger partial charge is 0.338 e. The molecule has 0 saturated carbocycles. The number of carbonyl (C=O) groups excluding carboxylic acids is 10. The average Bonchev–Trinajstić information content (AvgIpc) is 0.751. The van der Waals surface area contributed by atoms with Gasteiger partial charge in [-0.1, -0.05) is 84.9 Å². The molecule has 11 atom stereocenters. The lowest BCUT2D eigenvalue weighted by Crippen LogP contribution is -2.63. The van der Waals surface area contributed by atoms with Crippen LogP contribution >= 0.6 is 0 Å². The normalized spacial score (nSPS) is 22.5. The Balaban J connectivity index is 1.11. The summed E-state index contributed by atoms with van der Waals surface area (Å²) in [7, 11) is 1.24. The summed E-state index contributed by atoms with van der Waals surface area (Å²) in [6.07, 6.45) is -17.9. The molecular formula is C66H60O24. The van der Waals surface area contributed by atoms with E-state index in [1.165, 1.54) is 86.0 Å². The van der Waals surface area contributed by atoms with E-state index in [-0.39, 0.29) is 50.6 Å².